The van der Waals surface area contributed by atoms with Crippen molar-refractivity contribution < 1.29 is 9.32 Å². The van der Waals surface area contributed by atoms with Crippen LogP contribution in [0.2, 0.25) is 0 Å². The van der Waals surface area contributed by atoms with E-state index < -0.39 is 0 Å². The SMILES string of the molecule is Cc1noc(C)c1C(=O)N[C@@H]1CCSC1. The van der Waals surface area contributed by atoms with Gasteiger partial charge in [0.15, 0.2) is 0 Å². The molecule has 1 atom stereocenters. The number of amides is 1. The normalized spacial score (nSPS) is 20.5. The summed E-state index contributed by atoms with van der Waals surface area (Å²) in [6.07, 6.45) is 1.06. The highest BCUT2D eigenvalue weighted by atomic mass is 32.2. The summed E-state index contributed by atoms with van der Waals surface area (Å²) < 4.78 is 4.96. The van der Waals surface area contributed by atoms with Crippen molar-refractivity contribution in [3.8, 4) is 0 Å². The largest absolute Gasteiger partial charge is 0.361 e. The molecule has 0 unspecified atom stereocenters. The van der Waals surface area contributed by atoms with E-state index in [0.717, 1.165) is 17.9 Å². The number of hydrogen-bond acceptors (Lipinski definition) is 4. The highest BCUT2D eigenvalue weighted by molar-refractivity contribution is 7.99. The summed E-state index contributed by atoms with van der Waals surface area (Å²) >= 11 is 1.88. The summed E-state index contributed by atoms with van der Waals surface area (Å²) in [5.74, 6) is 2.68. The molecule has 0 bridgehead atoms. The van der Waals surface area contributed by atoms with Gasteiger partial charge in [-0.15, -0.1) is 0 Å². The van der Waals surface area contributed by atoms with Crippen molar-refractivity contribution >= 4 is 17.7 Å². The number of nitrogens with one attached hydrogen (secondary N) is 1. The molecule has 0 aromatic carbocycles. The van der Waals surface area contributed by atoms with Crippen molar-refractivity contribution in [1.29, 1.82) is 0 Å². The second-order valence-electron chi connectivity index (χ2n) is 3.73. The highest BCUT2D eigenvalue weighted by Crippen LogP contribution is 2.18. The van der Waals surface area contributed by atoms with Crippen LogP contribution in [0.1, 0.15) is 28.2 Å². The predicted octanol–water partition coefficient (Wildman–Crippen LogP) is 1.53. The lowest BCUT2D eigenvalue weighted by atomic mass is 10.1. The minimum Gasteiger partial charge on any atom is -0.361 e. The minimum atomic E-state index is -0.0567. The molecule has 1 aliphatic heterocycles. The Balaban J connectivity index is 2.07. The van der Waals surface area contributed by atoms with Crippen molar-refractivity contribution in [1.82, 2.24) is 10.5 Å². The summed E-state index contributed by atoms with van der Waals surface area (Å²) in [6, 6.07) is 0.302. The van der Waals surface area contributed by atoms with Crippen LogP contribution in [0.3, 0.4) is 0 Å². The number of carbonyl (C=O) groups is 1. The van der Waals surface area contributed by atoms with Crippen LogP contribution in [0.25, 0.3) is 0 Å². The van der Waals surface area contributed by atoms with E-state index in [-0.39, 0.29) is 5.91 Å². The Morgan fingerprint density at radius 2 is 2.40 bits per heavy atom. The minimum absolute atomic E-state index is 0.0567. The van der Waals surface area contributed by atoms with Gasteiger partial charge < -0.3 is 9.84 Å². The molecular formula is C10H14N2O2S. The van der Waals surface area contributed by atoms with E-state index in [4.69, 9.17) is 4.52 Å². The van der Waals surface area contributed by atoms with E-state index in [1.54, 1.807) is 13.8 Å². The van der Waals surface area contributed by atoms with Crippen LogP contribution in [0, 0.1) is 13.8 Å². The molecule has 1 saturated heterocycles. The average molecular weight is 226 g/mol. The van der Waals surface area contributed by atoms with Crippen molar-refractivity contribution in [3.05, 3.63) is 17.0 Å². The first-order valence-corrected chi connectivity index (χ1v) is 6.15. The number of carbonyl (C=O) groups excluding carboxylic acids is 1. The van der Waals surface area contributed by atoms with E-state index in [1.165, 1.54) is 0 Å². The van der Waals surface area contributed by atoms with Gasteiger partial charge in [-0.25, -0.2) is 0 Å². The standard InChI is InChI=1S/C10H14N2O2S/c1-6-9(7(2)14-12-6)10(13)11-8-3-4-15-5-8/h8H,3-5H2,1-2H3,(H,11,13)/t8-/m1/s1. The Morgan fingerprint density at radius 3 is 2.93 bits per heavy atom. The third-order valence-corrected chi connectivity index (χ3v) is 3.69. The number of rotatable bonds is 2. The number of nitrogens with zero attached hydrogens (tertiary/aromatic N) is 1. The summed E-state index contributed by atoms with van der Waals surface area (Å²) in [6.45, 7) is 3.55. The summed E-state index contributed by atoms with van der Waals surface area (Å²) in [4.78, 5) is 11.9. The monoisotopic (exact) mass is 226 g/mol. The topological polar surface area (TPSA) is 55.1 Å². The molecule has 0 spiro atoms. The van der Waals surface area contributed by atoms with E-state index in [9.17, 15) is 4.79 Å². The maximum absolute atomic E-state index is 11.9. The smallest absolute Gasteiger partial charge is 0.257 e. The van der Waals surface area contributed by atoms with Gasteiger partial charge in [-0.2, -0.15) is 11.8 Å². The van der Waals surface area contributed by atoms with E-state index >= 15 is 0 Å². The van der Waals surface area contributed by atoms with Gasteiger partial charge in [0.25, 0.3) is 5.91 Å². The molecule has 1 amide bonds. The van der Waals surface area contributed by atoms with Gasteiger partial charge in [-0.3, -0.25) is 4.79 Å². The second-order valence-corrected chi connectivity index (χ2v) is 4.88. The third-order valence-electron chi connectivity index (χ3n) is 2.53. The van der Waals surface area contributed by atoms with Gasteiger partial charge in [0.05, 0.1) is 5.69 Å². The predicted molar refractivity (Wildman–Crippen MR) is 59.2 cm³/mol. The molecule has 15 heavy (non-hydrogen) atoms. The zero-order valence-electron chi connectivity index (χ0n) is 8.87. The Hall–Kier alpha value is -0.970. The van der Waals surface area contributed by atoms with Crippen LogP contribution in [0.5, 0.6) is 0 Å². The summed E-state index contributed by atoms with van der Waals surface area (Å²) in [7, 11) is 0. The van der Waals surface area contributed by atoms with Gasteiger partial charge in [-0.1, -0.05) is 5.16 Å². The fourth-order valence-corrected chi connectivity index (χ4v) is 2.87. The first-order valence-electron chi connectivity index (χ1n) is 5.00. The maximum Gasteiger partial charge on any atom is 0.257 e. The lowest BCUT2D eigenvalue weighted by Gasteiger charge is -2.10. The highest BCUT2D eigenvalue weighted by Gasteiger charge is 2.22. The quantitative estimate of drug-likeness (QED) is 0.830. The van der Waals surface area contributed by atoms with Crippen molar-refractivity contribution in [2.24, 2.45) is 0 Å². The molecule has 82 valence electrons. The zero-order chi connectivity index (χ0) is 10.8. The number of thioether (sulfide) groups is 1. The van der Waals surface area contributed by atoms with E-state index in [1.807, 2.05) is 11.8 Å². The molecule has 0 saturated carbocycles. The molecule has 2 heterocycles. The summed E-state index contributed by atoms with van der Waals surface area (Å²) in [5, 5.41) is 6.77. The Morgan fingerprint density at radius 1 is 1.60 bits per heavy atom. The molecule has 1 fully saturated rings. The van der Waals surface area contributed by atoms with Crippen LogP contribution < -0.4 is 5.32 Å². The fraction of sp³-hybridized carbons (Fsp3) is 0.600. The third kappa shape index (κ3) is 2.17. The molecule has 1 aromatic heterocycles. The van der Waals surface area contributed by atoms with Crippen LogP contribution in [0.4, 0.5) is 0 Å². The van der Waals surface area contributed by atoms with Crippen molar-refractivity contribution in [3.63, 3.8) is 0 Å². The van der Waals surface area contributed by atoms with Gasteiger partial charge in [-0.05, 0) is 26.0 Å². The van der Waals surface area contributed by atoms with E-state index in [0.29, 0.717) is 23.1 Å². The number of aromatic nitrogens is 1. The Labute approximate surface area is 92.8 Å². The number of aryl methyl sites for hydroxylation is 2. The Bertz CT molecular complexity index is 350. The molecule has 0 radical (unpaired) electrons. The lowest BCUT2D eigenvalue weighted by Crippen LogP contribution is -2.35. The van der Waals surface area contributed by atoms with Gasteiger partial charge in [0.2, 0.25) is 0 Å². The first kappa shape index (κ1) is 10.5. The molecule has 5 heteroatoms. The van der Waals surface area contributed by atoms with Crippen molar-refractivity contribution in [2.45, 2.75) is 26.3 Å². The molecule has 4 nitrogen and oxygen atoms in total. The van der Waals surface area contributed by atoms with Crippen LogP contribution >= 0.6 is 11.8 Å². The zero-order valence-corrected chi connectivity index (χ0v) is 9.69. The fourth-order valence-electron chi connectivity index (χ4n) is 1.71. The van der Waals surface area contributed by atoms with E-state index in [2.05, 4.69) is 10.5 Å². The first-order chi connectivity index (χ1) is 7.18. The lowest BCUT2D eigenvalue weighted by molar-refractivity contribution is 0.0939. The van der Waals surface area contributed by atoms with Crippen LogP contribution in [0.15, 0.2) is 4.52 Å². The number of hydrogen-bond donors (Lipinski definition) is 1. The van der Waals surface area contributed by atoms with Gasteiger partial charge >= 0.3 is 0 Å². The summed E-state index contributed by atoms with van der Waals surface area (Å²) in [5.41, 5.74) is 1.25. The molecule has 1 aromatic rings. The molecule has 2 rings (SSSR count). The van der Waals surface area contributed by atoms with Gasteiger partial charge in [0, 0.05) is 11.8 Å². The van der Waals surface area contributed by atoms with Crippen molar-refractivity contribution in [2.75, 3.05) is 11.5 Å². The Kier molecular flexibility index (Phi) is 3.00. The maximum atomic E-state index is 11.9. The molecular weight excluding hydrogens is 212 g/mol. The van der Waals surface area contributed by atoms with Gasteiger partial charge in [0.1, 0.15) is 11.3 Å². The second kappa shape index (κ2) is 4.26. The molecule has 1 aliphatic rings. The van der Waals surface area contributed by atoms with Crippen LogP contribution in [-0.4, -0.2) is 28.6 Å². The molecule has 1 N–H and O–H groups in total. The molecule has 0 aliphatic carbocycles. The van der Waals surface area contributed by atoms with Crippen LogP contribution in [-0.2, 0) is 0 Å². The average Bonchev–Trinajstić information content (AvgIpc) is 2.77.